The first-order valence-electron chi connectivity index (χ1n) is 7.70. The van der Waals surface area contributed by atoms with Gasteiger partial charge < -0.3 is 9.55 Å². The number of nitrogens with zero attached hydrogens (tertiary/aromatic N) is 2. The molecule has 0 unspecified atom stereocenters. The SMILES string of the molecule is CC(C)n1c2cc(F)ccc2c(=O)c2c3ccc(C#N)cc3[nH]c21. The second-order valence-corrected chi connectivity index (χ2v) is 6.18. The summed E-state index contributed by atoms with van der Waals surface area (Å²) < 4.78 is 15.7. The number of rotatable bonds is 1. The maximum Gasteiger partial charge on any atom is 0.199 e. The van der Waals surface area contributed by atoms with Crippen LogP contribution in [0.5, 0.6) is 0 Å². The molecular weight excluding hydrogens is 305 g/mol. The quantitative estimate of drug-likeness (QED) is 0.571. The first kappa shape index (κ1) is 14.5. The molecule has 4 aromatic rings. The summed E-state index contributed by atoms with van der Waals surface area (Å²) in [5, 5.41) is 10.9. The van der Waals surface area contributed by atoms with E-state index in [4.69, 9.17) is 5.26 Å². The molecule has 4 nitrogen and oxygen atoms in total. The molecule has 0 amide bonds. The number of aromatic amines is 1. The minimum atomic E-state index is -0.376. The molecule has 0 aliphatic carbocycles. The van der Waals surface area contributed by atoms with Crippen molar-refractivity contribution in [2.75, 3.05) is 0 Å². The molecule has 5 heteroatoms. The van der Waals surface area contributed by atoms with Crippen LogP contribution in [0.15, 0.2) is 41.2 Å². The van der Waals surface area contributed by atoms with Gasteiger partial charge in [0.2, 0.25) is 0 Å². The number of hydrogen-bond acceptors (Lipinski definition) is 2. The van der Waals surface area contributed by atoms with Crippen molar-refractivity contribution < 1.29 is 4.39 Å². The summed E-state index contributed by atoms with van der Waals surface area (Å²) in [5.74, 6) is -0.376. The van der Waals surface area contributed by atoms with Crippen molar-refractivity contribution in [1.29, 1.82) is 5.26 Å². The van der Waals surface area contributed by atoms with E-state index in [-0.39, 0.29) is 17.3 Å². The molecule has 4 rings (SSSR count). The lowest BCUT2D eigenvalue weighted by molar-refractivity contribution is 0.617. The molecule has 2 heterocycles. The Hall–Kier alpha value is -3.13. The van der Waals surface area contributed by atoms with E-state index in [1.807, 2.05) is 18.4 Å². The smallest absolute Gasteiger partial charge is 0.199 e. The maximum absolute atomic E-state index is 13.8. The normalized spacial score (nSPS) is 11.6. The van der Waals surface area contributed by atoms with E-state index in [0.29, 0.717) is 27.5 Å². The number of halogens is 1. The van der Waals surface area contributed by atoms with Crippen molar-refractivity contribution in [2.24, 2.45) is 0 Å². The summed E-state index contributed by atoms with van der Waals surface area (Å²) in [7, 11) is 0. The number of aromatic nitrogens is 2. The number of benzene rings is 2. The molecule has 0 bridgehead atoms. The molecule has 0 aliphatic heterocycles. The summed E-state index contributed by atoms with van der Waals surface area (Å²) >= 11 is 0. The molecule has 2 aromatic carbocycles. The molecule has 0 fully saturated rings. The third-order valence-electron chi connectivity index (χ3n) is 4.36. The molecule has 1 N–H and O–H groups in total. The molecule has 118 valence electrons. The highest BCUT2D eigenvalue weighted by molar-refractivity contribution is 6.09. The van der Waals surface area contributed by atoms with E-state index in [1.165, 1.54) is 18.2 Å². The van der Waals surface area contributed by atoms with Crippen LogP contribution in [-0.2, 0) is 0 Å². The lowest BCUT2D eigenvalue weighted by Gasteiger charge is -2.16. The lowest BCUT2D eigenvalue weighted by atomic mass is 10.1. The van der Waals surface area contributed by atoms with Gasteiger partial charge in [-0.3, -0.25) is 4.79 Å². The van der Waals surface area contributed by atoms with Crippen molar-refractivity contribution in [3.63, 3.8) is 0 Å². The van der Waals surface area contributed by atoms with Crippen LogP contribution in [0, 0.1) is 17.1 Å². The molecule has 0 radical (unpaired) electrons. The molecule has 0 saturated carbocycles. The van der Waals surface area contributed by atoms with Gasteiger partial charge in [0.25, 0.3) is 0 Å². The van der Waals surface area contributed by atoms with E-state index in [0.717, 1.165) is 10.9 Å². The van der Waals surface area contributed by atoms with Crippen molar-refractivity contribution in [3.05, 3.63) is 58.0 Å². The zero-order valence-electron chi connectivity index (χ0n) is 13.2. The number of nitrogens with one attached hydrogen (secondary N) is 1. The first-order chi connectivity index (χ1) is 11.5. The van der Waals surface area contributed by atoms with Crippen LogP contribution in [0.2, 0.25) is 0 Å². The van der Waals surface area contributed by atoms with Crippen LogP contribution >= 0.6 is 0 Å². The third kappa shape index (κ3) is 1.86. The van der Waals surface area contributed by atoms with Gasteiger partial charge in [0.05, 0.1) is 22.5 Å². The van der Waals surface area contributed by atoms with Crippen LogP contribution in [0.1, 0.15) is 25.5 Å². The van der Waals surface area contributed by atoms with Crippen LogP contribution < -0.4 is 5.43 Å². The maximum atomic E-state index is 13.8. The molecule has 24 heavy (non-hydrogen) atoms. The monoisotopic (exact) mass is 319 g/mol. The Morgan fingerprint density at radius 1 is 1.17 bits per heavy atom. The number of hydrogen-bond donors (Lipinski definition) is 1. The molecular formula is C19H14FN3O. The topological polar surface area (TPSA) is 61.6 Å². The van der Waals surface area contributed by atoms with Crippen LogP contribution in [0.4, 0.5) is 4.39 Å². The highest BCUT2D eigenvalue weighted by Crippen LogP contribution is 2.29. The minimum absolute atomic E-state index is 0.0286. The average molecular weight is 319 g/mol. The summed E-state index contributed by atoms with van der Waals surface area (Å²) in [6.45, 7) is 3.97. The zero-order valence-corrected chi connectivity index (χ0v) is 13.2. The second kappa shape index (κ2) is 4.93. The average Bonchev–Trinajstić information content (AvgIpc) is 2.92. The van der Waals surface area contributed by atoms with Crippen LogP contribution in [-0.4, -0.2) is 9.55 Å². The van der Waals surface area contributed by atoms with Crippen molar-refractivity contribution >= 4 is 32.8 Å². The Bertz CT molecular complexity index is 1230. The van der Waals surface area contributed by atoms with Gasteiger partial charge >= 0.3 is 0 Å². The van der Waals surface area contributed by atoms with Gasteiger partial charge in [-0.05, 0) is 44.2 Å². The molecule has 0 atom stereocenters. The largest absolute Gasteiger partial charge is 0.340 e. The predicted octanol–water partition coefficient (Wildman–Crippen LogP) is 4.23. The van der Waals surface area contributed by atoms with Gasteiger partial charge in [-0.2, -0.15) is 5.26 Å². The Kier molecular flexibility index (Phi) is 2.97. The van der Waals surface area contributed by atoms with Gasteiger partial charge in [-0.15, -0.1) is 0 Å². The fourth-order valence-electron chi connectivity index (χ4n) is 3.35. The fraction of sp³-hybridized carbons (Fsp3) is 0.158. The standard InChI is InChI=1S/C19H14FN3O/c1-10(2)23-16-8-12(20)4-6-14(16)18(24)17-13-5-3-11(9-21)7-15(13)22-19(17)23/h3-8,10,22H,1-2H3. The summed E-state index contributed by atoms with van der Waals surface area (Å²) in [6, 6.07) is 11.6. The van der Waals surface area contributed by atoms with Gasteiger partial charge in [-0.1, -0.05) is 6.07 Å². The zero-order chi connectivity index (χ0) is 17.0. The fourth-order valence-corrected chi connectivity index (χ4v) is 3.35. The Morgan fingerprint density at radius 3 is 2.62 bits per heavy atom. The molecule has 2 aromatic heterocycles. The second-order valence-electron chi connectivity index (χ2n) is 6.18. The highest BCUT2D eigenvalue weighted by atomic mass is 19.1. The van der Waals surface area contributed by atoms with E-state index in [2.05, 4.69) is 11.1 Å². The number of fused-ring (bicyclic) bond motifs is 4. The van der Waals surface area contributed by atoms with Crippen molar-refractivity contribution in [3.8, 4) is 6.07 Å². The van der Waals surface area contributed by atoms with Gasteiger partial charge in [0.15, 0.2) is 5.43 Å². The van der Waals surface area contributed by atoms with Gasteiger partial charge in [0, 0.05) is 22.3 Å². The third-order valence-corrected chi connectivity index (χ3v) is 4.36. The summed E-state index contributed by atoms with van der Waals surface area (Å²) in [5.41, 5.74) is 2.33. The summed E-state index contributed by atoms with van der Waals surface area (Å²) in [6.07, 6.45) is 0. The van der Waals surface area contributed by atoms with Crippen LogP contribution in [0.25, 0.3) is 32.8 Å². The number of nitriles is 1. The Morgan fingerprint density at radius 2 is 1.92 bits per heavy atom. The van der Waals surface area contributed by atoms with Crippen LogP contribution in [0.3, 0.4) is 0 Å². The van der Waals surface area contributed by atoms with Gasteiger partial charge in [0.1, 0.15) is 11.5 Å². The predicted molar refractivity (Wildman–Crippen MR) is 92.6 cm³/mol. The molecule has 0 aliphatic rings. The molecule has 0 saturated heterocycles. The summed E-state index contributed by atoms with van der Waals surface area (Å²) in [4.78, 5) is 16.2. The van der Waals surface area contributed by atoms with Gasteiger partial charge in [-0.25, -0.2) is 4.39 Å². The minimum Gasteiger partial charge on any atom is -0.340 e. The van der Waals surface area contributed by atoms with Crippen molar-refractivity contribution in [2.45, 2.75) is 19.9 Å². The number of pyridine rings is 1. The van der Waals surface area contributed by atoms with E-state index in [1.54, 1.807) is 18.2 Å². The lowest BCUT2D eigenvalue weighted by Crippen LogP contribution is -2.12. The Balaban J connectivity index is 2.33. The van der Waals surface area contributed by atoms with E-state index in [9.17, 15) is 9.18 Å². The van der Waals surface area contributed by atoms with Crippen molar-refractivity contribution in [1.82, 2.24) is 9.55 Å². The van der Waals surface area contributed by atoms with E-state index < -0.39 is 0 Å². The number of H-pyrrole nitrogens is 1. The highest BCUT2D eigenvalue weighted by Gasteiger charge is 2.18. The van der Waals surface area contributed by atoms with E-state index >= 15 is 0 Å². The first-order valence-corrected chi connectivity index (χ1v) is 7.70. The molecule has 0 spiro atoms. The Labute approximate surface area is 136 Å².